The van der Waals surface area contributed by atoms with Crippen LogP contribution in [-0.4, -0.2) is 17.0 Å². The zero-order valence-corrected chi connectivity index (χ0v) is 10.00. The molecular weight excluding hydrogens is 258 g/mol. The van der Waals surface area contributed by atoms with E-state index in [1.807, 2.05) is 19.1 Å². The first-order chi connectivity index (χ1) is 7.20. The van der Waals surface area contributed by atoms with Gasteiger partial charge in [-0.3, -0.25) is 0 Å². The van der Waals surface area contributed by atoms with Crippen molar-refractivity contribution in [2.24, 2.45) is 0 Å². The fourth-order valence-electron chi connectivity index (χ4n) is 1.27. The molecule has 0 aliphatic rings. The second-order valence-electron chi connectivity index (χ2n) is 3.07. The Labute approximate surface area is 95.9 Å². The first kappa shape index (κ1) is 10.2. The van der Waals surface area contributed by atoms with Crippen molar-refractivity contribution in [2.45, 2.75) is 6.92 Å². The van der Waals surface area contributed by atoms with Gasteiger partial charge < -0.3 is 9.73 Å². The van der Waals surface area contributed by atoms with Crippen LogP contribution in [0.2, 0.25) is 0 Å². The van der Waals surface area contributed by atoms with Gasteiger partial charge in [-0.1, -0.05) is 0 Å². The maximum atomic E-state index is 5.34. The van der Waals surface area contributed by atoms with E-state index in [-0.39, 0.29) is 0 Å². The smallest absolute Gasteiger partial charge is 0.223 e. The van der Waals surface area contributed by atoms with Gasteiger partial charge in [0, 0.05) is 12.7 Å². The number of aromatic nitrogens is 2. The van der Waals surface area contributed by atoms with E-state index < -0.39 is 0 Å². The quantitative estimate of drug-likeness (QED) is 0.909. The van der Waals surface area contributed by atoms with E-state index in [0.29, 0.717) is 5.95 Å². The number of halogens is 1. The molecule has 0 saturated carbocycles. The minimum atomic E-state index is 0.591. The summed E-state index contributed by atoms with van der Waals surface area (Å²) >= 11 is 3.40. The van der Waals surface area contributed by atoms with Gasteiger partial charge in [-0.25, -0.2) is 9.97 Å². The fourth-order valence-corrected chi connectivity index (χ4v) is 1.68. The molecule has 5 heteroatoms. The van der Waals surface area contributed by atoms with E-state index in [4.69, 9.17) is 4.42 Å². The third-order valence-corrected chi connectivity index (χ3v) is 2.55. The van der Waals surface area contributed by atoms with Gasteiger partial charge in [0.05, 0.1) is 10.7 Å². The van der Waals surface area contributed by atoms with Crippen LogP contribution < -0.4 is 5.32 Å². The van der Waals surface area contributed by atoms with Gasteiger partial charge in [0.25, 0.3) is 0 Å². The van der Waals surface area contributed by atoms with Crippen molar-refractivity contribution in [1.29, 1.82) is 0 Å². The number of furan rings is 1. The summed E-state index contributed by atoms with van der Waals surface area (Å²) in [6.45, 7) is 1.92. The van der Waals surface area contributed by atoms with Crippen LogP contribution >= 0.6 is 15.9 Å². The van der Waals surface area contributed by atoms with E-state index in [1.165, 1.54) is 0 Å². The lowest BCUT2D eigenvalue weighted by Gasteiger charge is -2.03. The first-order valence-corrected chi connectivity index (χ1v) is 5.27. The van der Waals surface area contributed by atoms with Crippen molar-refractivity contribution in [2.75, 3.05) is 12.4 Å². The molecule has 4 nitrogen and oxygen atoms in total. The van der Waals surface area contributed by atoms with Crippen molar-refractivity contribution >= 4 is 21.9 Å². The standard InChI is InChI=1S/C10H10BrN3O/c1-6-5-8(14-10(12-2)13-6)9-7(11)3-4-15-9/h3-5H,1-2H3,(H,12,13,14). The summed E-state index contributed by atoms with van der Waals surface area (Å²) in [6.07, 6.45) is 1.62. The van der Waals surface area contributed by atoms with E-state index in [9.17, 15) is 0 Å². The van der Waals surface area contributed by atoms with Crippen molar-refractivity contribution in [1.82, 2.24) is 9.97 Å². The maximum absolute atomic E-state index is 5.34. The topological polar surface area (TPSA) is 51.0 Å². The normalized spacial score (nSPS) is 10.3. The number of nitrogens with one attached hydrogen (secondary N) is 1. The van der Waals surface area contributed by atoms with Crippen LogP contribution in [0.15, 0.2) is 27.3 Å². The highest BCUT2D eigenvalue weighted by Crippen LogP contribution is 2.28. The lowest BCUT2D eigenvalue weighted by Crippen LogP contribution is -1.99. The summed E-state index contributed by atoms with van der Waals surface area (Å²) in [5.74, 6) is 1.31. The summed E-state index contributed by atoms with van der Waals surface area (Å²) in [6, 6.07) is 3.72. The van der Waals surface area contributed by atoms with Crippen LogP contribution in [0.3, 0.4) is 0 Å². The summed E-state index contributed by atoms with van der Waals surface area (Å²) in [7, 11) is 1.79. The second-order valence-corrected chi connectivity index (χ2v) is 3.92. The molecule has 0 fully saturated rings. The molecule has 2 heterocycles. The lowest BCUT2D eigenvalue weighted by atomic mass is 10.3. The molecule has 1 N–H and O–H groups in total. The summed E-state index contributed by atoms with van der Waals surface area (Å²) in [4.78, 5) is 8.52. The Kier molecular flexibility index (Phi) is 2.73. The number of anilines is 1. The van der Waals surface area contributed by atoms with Gasteiger partial charge in [-0.05, 0) is 35.0 Å². The SMILES string of the molecule is CNc1nc(C)cc(-c2occc2Br)n1. The molecule has 15 heavy (non-hydrogen) atoms. The summed E-state index contributed by atoms with van der Waals surface area (Å²) in [5, 5.41) is 2.91. The predicted molar refractivity (Wildman–Crippen MR) is 61.7 cm³/mol. The molecule has 0 amide bonds. The number of hydrogen-bond donors (Lipinski definition) is 1. The predicted octanol–water partition coefficient (Wildman–Crippen LogP) is 2.85. The van der Waals surface area contributed by atoms with Crippen LogP contribution in [0.1, 0.15) is 5.69 Å². The molecule has 0 aliphatic carbocycles. The zero-order valence-electron chi connectivity index (χ0n) is 8.41. The molecule has 0 aliphatic heterocycles. The van der Waals surface area contributed by atoms with Crippen molar-refractivity contribution in [3.63, 3.8) is 0 Å². The molecule has 2 aromatic heterocycles. The third kappa shape index (κ3) is 2.02. The number of aryl methyl sites for hydroxylation is 1. The van der Waals surface area contributed by atoms with Crippen LogP contribution in [0, 0.1) is 6.92 Å². The average molecular weight is 268 g/mol. The van der Waals surface area contributed by atoms with Crippen LogP contribution in [0.4, 0.5) is 5.95 Å². The Morgan fingerprint density at radius 2 is 2.20 bits per heavy atom. The minimum Gasteiger partial charge on any atom is -0.461 e. The molecule has 2 rings (SSSR count). The van der Waals surface area contributed by atoms with E-state index in [1.54, 1.807) is 13.3 Å². The fraction of sp³-hybridized carbons (Fsp3) is 0.200. The average Bonchev–Trinajstić information content (AvgIpc) is 2.63. The Morgan fingerprint density at radius 1 is 1.40 bits per heavy atom. The van der Waals surface area contributed by atoms with Gasteiger partial charge in [0.1, 0.15) is 5.69 Å². The van der Waals surface area contributed by atoms with Crippen molar-refractivity contribution < 1.29 is 4.42 Å². The Morgan fingerprint density at radius 3 is 2.80 bits per heavy atom. The van der Waals surface area contributed by atoms with Gasteiger partial charge >= 0.3 is 0 Å². The highest BCUT2D eigenvalue weighted by molar-refractivity contribution is 9.10. The maximum Gasteiger partial charge on any atom is 0.223 e. The summed E-state index contributed by atoms with van der Waals surface area (Å²) in [5.41, 5.74) is 1.66. The van der Waals surface area contributed by atoms with E-state index >= 15 is 0 Å². The molecule has 0 atom stereocenters. The van der Waals surface area contributed by atoms with E-state index in [0.717, 1.165) is 21.6 Å². The van der Waals surface area contributed by atoms with Gasteiger partial charge in [0.2, 0.25) is 5.95 Å². The molecule has 0 radical (unpaired) electrons. The number of hydrogen-bond acceptors (Lipinski definition) is 4. The van der Waals surface area contributed by atoms with E-state index in [2.05, 4.69) is 31.2 Å². The minimum absolute atomic E-state index is 0.591. The van der Waals surface area contributed by atoms with Crippen LogP contribution in [-0.2, 0) is 0 Å². The molecule has 0 spiro atoms. The molecule has 0 saturated heterocycles. The zero-order chi connectivity index (χ0) is 10.8. The third-order valence-electron chi connectivity index (χ3n) is 1.93. The molecule has 0 unspecified atom stereocenters. The number of nitrogens with zero attached hydrogens (tertiary/aromatic N) is 2. The number of rotatable bonds is 2. The molecule has 2 aromatic rings. The van der Waals surface area contributed by atoms with Crippen molar-refractivity contribution in [3.8, 4) is 11.5 Å². The Hall–Kier alpha value is -1.36. The van der Waals surface area contributed by atoms with Crippen LogP contribution in [0.25, 0.3) is 11.5 Å². The van der Waals surface area contributed by atoms with Gasteiger partial charge in [-0.2, -0.15) is 0 Å². The monoisotopic (exact) mass is 267 g/mol. The lowest BCUT2D eigenvalue weighted by molar-refractivity contribution is 0.578. The second kappa shape index (κ2) is 4.02. The van der Waals surface area contributed by atoms with Crippen LogP contribution in [0.5, 0.6) is 0 Å². The largest absolute Gasteiger partial charge is 0.461 e. The summed E-state index contributed by atoms with van der Waals surface area (Å²) < 4.78 is 6.23. The van der Waals surface area contributed by atoms with Gasteiger partial charge in [0.15, 0.2) is 5.76 Å². The molecule has 0 aromatic carbocycles. The Balaban J connectivity index is 2.53. The van der Waals surface area contributed by atoms with Gasteiger partial charge in [-0.15, -0.1) is 0 Å². The molecule has 0 bridgehead atoms. The Bertz CT molecular complexity index is 481. The highest BCUT2D eigenvalue weighted by Gasteiger charge is 2.10. The van der Waals surface area contributed by atoms with Crippen molar-refractivity contribution in [3.05, 3.63) is 28.6 Å². The molecule has 78 valence electrons. The first-order valence-electron chi connectivity index (χ1n) is 4.47. The molecular formula is C10H10BrN3O. The highest BCUT2D eigenvalue weighted by atomic mass is 79.9.